The molecule has 22 heavy (non-hydrogen) atoms. The van der Waals surface area contributed by atoms with Crippen LogP contribution >= 0.6 is 0 Å². The van der Waals surface area contributed by atoms with E-state index in [-0.39, 0.29) is 5.91 Å². The zero-order valence-electron chi connectivity index (χ0n) is 12.4. The summed E-state index contributed by atoms with van der Waals surface area (Å²) in [6.07, 6.45) is 6.72. The van der Waals surface area contributed by atoms with Crippen LogP contribution in [0.15, 0.2) is 53.6 Å². The van der Waals surface area contributed by atoms with Gasteiger partial charge in [0, 0.05) is 31.2 Å². The minimum Gasteiger partial charge on any atom is -0.464 e. The Kier molecular flexibility index (Phi) is 3.74. The minimum atomic E-state index is -0.0854. The van der Waals surface area contributed by atoms with Crippen LogP contribution in [0.1, 0.15) is 21.9 Å². The Balaban J connectivity index is 1.78. The van der Waals surface area contributed by atoms with E-state index in [4.69, 9.17) is 4.42 Å². The van der Waals surface area contributed by atoms with Crippen molar-refractivity contribution in [3.63, 3.8) is 0 Å². The number of nitrogens with zero attached hydrogens (tertiary/aromatic N) is 4. The molecule has 0 aliphatic rings. The van der Waals surface area contributed by atoms with Crippen LogP contribution in [0.25, 0.3) is 5.82 Å². The topological polar surface area (TPSA) is 64.2 Å². The first-order valence-corrected chi connectivity index (χ1v) is 6.88. The first-order valence-electron chi connectivity index (χ1n) is 6.88. The lowest BCUT2D eigenvalue weighted by molar-refractivity contribution is 0.0775. The Morgan fingerprint density at radius 2 is 2.18 bits per heavy atom. The molecule has 0 spiro atoms. The third-order valence-corrected chi connectivity index (χ3v) is 3.30. The van der Waals surface area contributed by atoms with E-state index in [2.05, 4.69) is 9.97 Å². The predicted octanol–water partition coefficient (Wildman–Crippen LogP) is 2.44. The number of furan rings is 1. The third kappa shape index (κ3) is 2.90. The van der Waals surface area contributed by atoms with Crippen molar-refractivity contribution in [2.45, 2.75) is 13.5 Å². The van der Waals surface area contributed by atoms with Gasteiger partial charge >= 0.3 is 0 Å². The Hall–Kier alpha value is -2.89. The molecule has 0 atom stereocenters. The van der Waals surface area contributed by atoms with E-state index in [0.717, 1.165) is 11.5 Å². The maximum Gasteiger partial charge on any atom is 0.254 e. The van der Waals surface area contributed by atoms with Gasteiger partial charge in [0.15, 0.2) is 0 Å². The molecular weight excluding hydrogens is 280 g/mol. The number of pyridine rings is 1. The molecule has 0 radical (unpaired) electrons. The molecule has 0 unspecified atom stereocenters. The van der Waals surface area contributed by atoms with Crippen molar-refractivity contribution in [1.82, 2.24) is 19.4 Å². The van der Waals surface area contributed by atoms with E-state index in [9.17, 15) is 4.79 Å². The average molecular weight is 296 g/mol. The minimum absolute atomic E-state index is 0.0854. The Labute approximate surface area is 128 Å². The van der Waals surface area contributed by atoms with Crippen molar-refractivity contribution in [3.05, 3.63) is 66.3 Å². The van der Waals surface area contributed by atoms with E-state index in [1.54, 1.807) is 53.6 Å². The van der Waals surface area contributed by atoms with Gasteiger partial charge in [-0.25, -0.2) is 9.97 Å². The largest absolute Gasteiger partial charge is 0.464 e. The summed E-state index contributed by atoms with van der Waals surface area (Å²) in [6.45, 7) is 2.31. The highest BCUT2D eigenvalue weighted by atomic mass is 16.3. The van der Waals surface area contributed by atoms with Crippen LogP contribution in [0.4, 0.5) is 0 Å². The Bertz CT molecular complexity index is 777. The number of carbonyl (C=O) groups is 1. The third-order valence-electron chi connectivity index (χ3n) is 3.30. The molecule has 0 aliphatic heterocycles. The quantitative estimate of drug-likeness (QED) is 0.742. The number of aromatic nitrogens is 3. The normalized spacial score (nSPS) is 10.6. The van der Waals surface area contributed by atoms with Gasteiger partial charge in [-0.05, 0) is 31.2 Å². The SMILES string of the molecule is Cc1ccc(CN(C)C(=O)c2ccnc(-n3ccnc3)c2)o1. The maximum absolute atomic E-state index is 12.5. The van der Waals surface area contributed by atoms with Crippen LogP contribution in [0.2, 0.25) is 0 Å². The van der Waals surface area contributed by atoms with E-state index < -0.39 is 0 Å². The van der Waals surface area contributed by atoms with Crippen molar-refractivity contribution >= 4 is 5.91 Å². The van der Waals surface area contributed by atoms with E-state index in [0.29, 0.717) is 17.9 Å². The van der Waals surface area contributed by atoms with Crippen LogP contribution in [0, 0.1) is 6.92 Å². The lowest BCUT2D eigenvalue weighted by Crippen LogP contribution is -2.26. The Morgan fingerprint density at radius 1 is 1.32 bits per heavy atom. The molecule has 3 aromatic rings. The number of aryl methyl sites for hydroxylation is 1. The molecule has 0 aromatic carbocycles. The van der Waals surface area contributed by atoms with Gasteiger partial charge in [0.2, 0.25) is 0 Å². The van der Waals surface area contributed by atoms with Gasteiger partial charge in [-0.3, -0.25) is 9.36 Å². The Morgan fingerprint density at radius 3 is 2.86 bits per heavy atom. The van der Waals surface area contributed by atoms with Crippen LogP contribution in [0.5, 0.6) is 0 Å². The molecule has 0 fully saturated rings. The molecule has 3 rings (SSSR count). The number of imidazole rings is 1. The van der Waals surface area contributed by atoms with E-state index in [1.165, 1.54) is 0 Å². The summed E-state index contributed by atoms with van der Waals surface area (Å²) in [4.78, 5) is 22.4. The van der Waals surface area contributed by atoms with E-state index in [1.807, 2.05) is 19.1 Å². The van der Waals surface area contributed by atoms with Gasteiger partial charge in [0.1, 0.15) is 23.7 Å². The van der Waals surface area contributed by atoms with Crippen LogP contribution in [-0.2, 0) is 6.54 Å². The molecule has 6 nitrogen and oxygen atoms in total. The summed E-state index contributed by atoms with van der Waals surface area (Å²) in [5.74, 6) is 2.17. The van der Waals surface area contributed by atoms with Gasteiger partial charge in [0.25, 0.3) is 5.91 Å². The number of hydrogen-bond acceptors (Lipinski definition) is 4. The number of rotatable bonds is 4. The summed E-state index contributed by atoms with van der Waals surface area (Å²) in [7, 11) is 1.75. The molecule has 0 saturated heterocycles. The second-order valence-corrected chi connectivity index (χ2v) is 5.05. The van der Waals surface area contributed by atoms with Crippen LogP contribution in [-0.4, -0.2) is 32.4 Å². The average Bonchev–Trinajstić information content (AvgIpc) is 3.18. The summed E-state index contributed by atoms with van der Waals surface area (Å²) in [5.41, 5.74) is 0.574. The molecule has 3 heterocycles. The van der Waals surface area contributed by atoms with Crippen LogP contribution < -0.4 is 0 Å². The fourth-order valence-electron chi connectivity index (χ4n) is 2.18. The van der Waals surface area contributed by atoms with Crippen molar-refractivity contribution in [1.29, 1.82) is 0 Å². The van der Waals surface area contributed by atoms with Crippen LogP contribution in [0.3, 0.4) is 0 Å². The van der Waals surface area contributed by atoms with Gasteiger partial charge in [0.05, 0.1) is 6.54 Å². The van der Waals surface area contributed by atoms with Gasteiger partial charge in [-0.2, -0.15) is 0 Å². The molecule has 112 valence electrons. The number of carbonyl (C=O) groups excluding carboxylic acids is 1. The van der Waals surface area contributed by atoms with Gasteiger partial charge < -0.3 is 9.32 Å². The first kappa shape index (κ1) is 14.1. The van der Waals surface area contributed by atoms with Crippen molar-refractivity contribution in [2.75, 3.05) is 7.05 Å². The fourth-order valence-corrected chi connectivity index (χ4v) is 2.18. The number of hydrogen-bond donors (Lipinski definition) is 0. The highest BCUT2D eigenvalue weighted by molar-refractivity contribution is 5.94. The lowest BCUT2D eigenvalue weighted by Gasteiger charge is -2.16. The van der Waals surface area contributed by atoms with Gasteiger partial charge in [-0.1, -0.05) is 0 Å². The molecule has 6 heteroatoms. The second kappa shape index (κ2) is 5.85. The highest BCUT2D eigenvalue weighted by Gasteiger charge is 2.14. The summed E-state index contributed by atoms with van der Waals surface area (Å²) >= 11 is 0. The van der Waals surface area contributed by atoms with Gasteiger partial charge in [-0.15, -0.1) is 0 Å². The summed E-state index contributed by atoms with van der Waals surface area (Å²) in [5, 5.41) is 0. The zero-order valence-corrected chi connectivity index (χ0v) is 12.4. The molecule has 1 amide bonds. The van der Waals surface area contributed by atoms with E-state index >= 15 is 0 Å². The first-order chi connectivity index (χ1) is 10.6. The standard InChI is InChI=1S/C16H16N4O2/c1-12-3-4-14(22-12)10-19(2)16(21)13-5-6-18-15(9-13)20-8-7-17-11-20/h3-9,11H,10H2,1-2H3. The molecule has 0 aliphatic carbocycles. The molecule has 0 bridgehead atoms. The molecular formula is C16H16N4O2. The maximum atomic E-state index is 12.5. The molecule has 0 saturated carbocycles. The summed E-state index contributed by atoms with van der Waals surface area (Å²) in [6, 6.07) is 7.21. The number of amides is 1. The smallest absolute Gasteiger partial charge is 0.254 e. The highest BCUT2D eigenvalue weighted by Crippen LogP contribution is 2.13. The second-order valence-electron chi connectivity index (χ2n) is 5.05. The lowest BCUT2D eigenvalue weighted by atomic mass is 10.2. The predicted molar refractivity (Wildman–Crippen MR) is 80.6 cm³/mol. The monoisotopic (exact) mass is 296 g/mol. The van der Waals surface area contributed by atoms with Crippen molar-refractivity contribution < 1.29 is 9.21 Å². The van der Waals surface area contributed by atoms with Crippen molar-refractivity contribution in [3.8, 4) is 5.82 Å². The van der Waals surface area contributed by atoms with Crippen molar-refractivity contribution in [2.24, 2.45) is 0 Å². The molecule has 0 N–H and O–H groups in total. The zero-order chi connectivity index (χ0) is 15.5. The molecule has 3 aromatic heterocycles. The fraction of sp³-hybridized carbons (Fsp3) is 0.188. The summed E-state index contributed by atoms with van der Waals surface area (Å²) < 4.78 is 7.26.